The molecule has 7 heteroatoms. The molecule has 146 valence electrons. The van der Waals surface area contributed by atoms with Crippen molar-refractivity contribution < 1.29 is 9.53 Å². The minimum atomic E-state index is 0. The van der Waals surface area contributed by atoms with Crippen LogP contribution in [-0.2, 0) is 11.3 Å². The predicted octanol–water partition coefficient (Wildman–Crippen LogP) is 2.76. The van der Waals surface area contributed by atoms with E-state index in [0.29, 0.717) is 12.5 Å². The Morgan fingerprint density at radius 2 is 1.92 bits per heavy atom. The summed E-state index contributed by atoms with van der Waals surface area (Å²) in [6.07, 6.45) is 4.34. The number of nitrogens with one attached hydrogen (secondary N) is 1. The van der Waals surface area contributed by atoms with Crippen LogP contribution in [0.15, 0.2) is 29.3 Å². The van der Waals surface area contributed by atoms with Gasteiger partial charge in [0.05, 0.1) is 6.54 Å². The summed E-state index contributed by atoms with van der Waals surface area (Å²) in [6.45, 7) is 6.44. The van der Waals surface area contributed by atoms with E-state index in [2.05, 4.69) is 10.3 Å². The van der Waals surface area contributed by atoms with Crippen LogP contribution in [0, 0.1) is 0 Å². The van der Waals surface area contributed by atoms with Crippen molar-refractivity contribution in [3.63, 3.8) is 0 Å². The lowest BCUT2D eigenvalue weighted by Gasteiger charge is -2.26. The first-order valence-corrected chi connectivity index (χ1v) is 9.20. The Bertz CT molecular complexity index is 557. The highest BCUT2D eigenvalue weighted by Gasteiger charge is 2.17. The fraction of sp³-hybridized carbons (Fsp3) is 0.579. The molecule has 1 aromatic rings. The average Bonchev–Trinajstić information content (AvgIpc) is 2.67. The molecule has 0 unspecified atom stereocenters. The lowest BCUT2D eigenvalue weighted by atomic mass is 10.1. The molecule has 0 aliphatic carbocycles. The highest BCUT2D eigenvalue weighted by Crippen LogP contribution is 2.14. The largest absolute Gasteiger partial charge is 0.382 e. The van der Waals surface area contributed by atoms with Crippen LogP contribution < -0.4 is 11.1 Å². The number of nitrogens with two attached hydrogens (primary N) is 1. The van der Waals surface area contributed by atoms with Gasteiger partial charge in [-0.1, -0.05) is 12.1 Å². The van der Waals surface area contributed by atoms with Gasteiger partial charge in [0.15, 0.2) is 5.96 Å². The fourth-order valence-electron chi connectivity index (χ4n) is 2.80. The molecule has 2 rings (SSSR count). The molecule has 1 amide bonds. The molecule has 1 aliphatic heterocycles. The minimum Gasteiger partial charge on any atom is -0.382 e. The number of hydrogen-bond acceptors (Lipinski definition) is 3. The number of benzene rings is 1. The van der Waals surface area contributed by atoms with Crippen LogP contribution in [0.3, 0.4) is 0 Å². The topological polar surface area (TPSA) is 80.0 Å². The maximum absolute atomic E-state index is 12.4. The summed E-state index contributed by atoms with van der Waals surface area (Å²) in [7, 11) is 0. The van der Waals surface area contributed by atoms with E-state index in [0.717, 1.165) is 63.2 Å². The number of halogens is 1. The molecule has 3 N–H and O–H groups in total. The Labute approximate surface area is 173 Å². The molecule has 0 spiro atoms. The van der Waals surface area contributed by atoms with Crippen molar-refractivity contribution in [2.75, 3.05) is 32.8 Å². The zero-order valence-corrected chi connectivity index (χ0v) is 17.9. The quantitative estimate of drug-likeness (QED) is 0.263. The van der Waals surface area contributed by atoms with Crippen LogP contribution in [0.5, 0.6) is 0 Å². The second kappa shape index (κ2) is 12.9. The van der Waals surface area contributed by atoms with Gasteiger partial charge in [-0.05, 0) is 50.3 Å². The smallest absolute Gasteiger partial charge is 0.253 e. The van der Waals surface area contributed by atoms with E-state index in [9.17, 15) is 4.79 Å². The first-order valence-electron chi connectivity index (χ1n) is 9.20. The van der Waals surface area contributed by atoms with Crippen LogP contribution in [0.25, 0.3) is 0 Å². The summed E-state index contributed by atoms with van der Waals surface area (Å²) in [6, 6.07) is 7.66. The second-order valence-corrected chi connectivity index (χ2v) is 6.23. The van der Waals surface area contributed by atoms with Gasteiger partial charge in [-0.15, -0.1) is 24.0 Å². The van der Waals surface area contributed by atoms with E-state index in [1.165, 1.54) is 6.42 Å². The zero-order chi connectivity index (χ0) is 17.9. The maximum atomic E-state index is 12.4. The predicted molar refractivity (Wildman–Crippen MR) is 116 cm³/mol. The van der Waals surface area contributed by atoms with Gasteiger partial charge >= 0.3 is 0 Å². The summed E-state index contributed by atoms with van der Waals surface area (Å²) in [5, 5.41) is 3.07. The van der Waals surface area contributed by atoms with Gasteiger partial charge in [0.25, 0.3) is 5.91 Å². The molecule has 1 aliphatic rings. The van der Waals surface area contributed by atoms with E-state index < -0.39 is 0 Å². The van der Waals surface area contributed by atoms with Gasteiger partial charge in [-0.25, -0.2) is 4.99 Å². The monoisotopic (exact) mass is 474 g/mol. The highest BCUT2D eigenvalue weighted by molar-refractivity contribution is 14.0. The van der Waals surface area contributed by atoms with Crippen molar-refractivity contribution in [1.82, 2.24) is 10.2 Å². The molecule has 1 saturated heterocycles. The van der Waals surface area contributed by atoms with Gasteiger partial charge < -0.3 is 20.7 Å². The number of rotatable bonds is 8. The number of carbonyl (C=O) groups excluding carboxylic acids is 1. The third kappa shape index (κ3) is 7.90. The summed E-state index contributed by atoms with van der Waals surface area (Å²) < 4.78 is 5.27. The van der Waals surface area contributed by atoms with Gasteiger partial charge in [0.2, 0.25) is 0 Å². The third-order valence-electron chi connectivity index (χ3n) is 4.25. The van der Waals surface area contributed by atoms with Crippen LogP contribution in [-0.4, -0.2) is 49.6 Å². The molecule has 6 nitrogen and oxygen atoms in total. The lowest BCUT2D eigenvalue weighted by molar-refractivity contribution is 0.0724. The summed E-state index contributed by atoms with van der Waals surface area (Å²) in [4.78, 5) is 18.7. The minimum absolute atomic E-state index is 0. The van der Waals surface area contributed by atoms with Crippen molar-refractivity contribution in [1.29, 1.82) is 0 Å². The molecule has 1 aromatic carbocycles. The summed E-state index contributed by atoms with van der Waals surface area (Å²) >= 11 is 0. The highest BCUT2D eigenvalue weighted by atomic mass is 127. The number of hydrogen-bond donors (Lipinski definition) is 2. The van der Waals surface area contributed by atoms with Gasteiger partial charge in [-0.2, -0.15) is 0 Å². The zero-order valence-electron chi connectivity index (χ0n) is 15.6. The van der Waals surface area contributed by atoms with Crippen molar-refractivity contribution in [3.05, 3.63) is 35.4 Å². The molecule has 0 atom stereocenters. The van der Waals surface area contributed by atoms with Crippen molar-refractivity contribution in [2.24, 2.45) is 10.7 Å². The molecule has 0 bridgehead atoms. The van der Waals surface area contributed by atoms with Crippen LogP contribution in [0.1, 0.15) is 48.5 Å². The van der Waals surface area contributed by atoms with E-state index >= 15 is 0 Å². The summed E-state index contributed by atoms with van der Waals surface area (Å²) in [5.74, 6) is 0.565. The van der Waals surface area contributed by atoms with Crippen molar-refractivity contribution >= 4 is 35.8 Å². The number of piperidine rings is 1. The van der Waals surface area contributed by atoms with E-state index in [1.54, 1.807) is 0 Å². The first kappa shape index (κ1) is 22.7. The molecule has 0 saturated carbocycles. The molecular formula is C19H31IN4O2. The number of aliphatic imine (C=N–C) groups is 1. The molecular weight excluding hydrogens is 443 g/mol. The van der Waals surface area contributed by atoms with Crippen LogP contribution in [0.4, 0.5) is 0 Å². The van der Waals surface area contributed by atoms with Gasteiger partial charge in [0.1, 0.15) is 0 Å². The Hall–Kier alpha value is -1.35. The summed E-state index contributed by atoms with van der Waals surface area (Å²) in [5.41, 5.74) is 7.63. The van der Waals surface area contributed by atoms with E-state index in [1.807, 2.05) is 36.1 Å². The molecule has 1 heterocycles. The van der Waals surface area contributed by atoms with Crippen molar-refractivity contribution in [3.8, 4) is 0 Å². The first-order chi connectivity index (χ1) is 12.2. The van der Waals surface area contributed by atoms with Crippen LogP contribution >= 0.6 is 24.0 Å². The number of guanidine groups is 1. The Kier molecular flexibility index (Phi) is 11.3. The SMILES string of the molecule is CCOCCCNC(N)=NCc1ccc(C(=O)N2CCCCC2)cc1.I. The lowest BCUT2D eigenvalue weighted by Crippen LogP contribution is -2.35. The van der Waals surface area contributed by atoms with Crippen molar-refractivity contribution in [2.45, 2.75) is 39.2 Å². The fourth-order valence-corrected chi connectivity index (χ4v) is 2.80. The number of likely N-dealkylation sites (tertiary alicyclic amines) is 1. The second-order valence-electron chi connectivity index (χ2n) is 6.23. The number of carbonyl (C=O) groups is 1. The molecule has 0 radical (unpaired) electrons. The standard InChI is InChI=1S/C19H30N4O2.HI/c1-2-25-14-6-11-21-19(20)22-15-16-7-9-17(10-8-16)18(24)23-12-4-3-5-13-23;/h7-10H,2-6,11-15H2,1H3,(H3,20,21,22);1H. The van der Waals surface area contributed by atoms with Gasteiger partial charge in [-0.3, -0.25) is 4.79 Å². The Morgan fingerprint density at radius 1 is 1.23 bits per heavy atom. The van der Waals surface area contributed by atoms with E-state index in [4.69, 9.17) is 10.5 Å². The number of nitrogens with zero attached hydrogens (tertiary/aromatic N) is 2. The number of amides is 1. The normalized spacial score (nSPS) is 14.7. The van der Waals surface area contributed by atoms with E-state index in [-0.39, 0.29) is 29.9 Å². The maximum Gasteiger partial charge on any atom is 0.253 e. The average molecular weight is 474 g/mol. The van der Waals surface area contributed by atoms with Crippen LogP contribution in [0.2, 0.25) is 0 Å². The molecule has 0 aromatic heterocycles. The molecule has 26 heavy (non-hydrogen) atoms. The number of ether oxygens (including phenoxy) is 1. The Morgan fingerprint density at radius 3 is 2.58 bits per heavy atom. The Balaban J connectivity index is 0.00000338. The third-order valence-corrected chi connectivity index (χ3v) is 4.25. The molecule has 1 fully saturated rings. The van der Waals surface area contributed by atoms with Gasteiger partial charge in [0, 0.05) is 38.4 Å².